The maximum atomic E-state index is 10.3. The van der Waals surface area contributed by atoms with Crippen molar-refractivity contribution in [1.29, 1.82) is 0 Å². The fourth-order valence-corrected chi connectivity index (χ4v) is 1.44. The van der Waals surface area contributed by atoms with Crippen molar-refractivity contribution in [2.45, 2.75) is 44.8 Å². The quantitative estimate of drug-likeness (QED) is 0.661. The Bertz CT molecular complexity index is 144. The lowest BCUT2D eigenvalue weighted by Gasteiger charge is -2.26. The van der Waals surface area contributed by atoms with Crippen molar-refractivity contribution in [2.75, 3.05) is 0 Å². The highest BCUT2D eigenvalue weighted by molar-refractivity contribution is 5.67. The lowest BCUT2D eigenvalue weighted by atomic mass is 10.0. The summed E-state index contributed by atoms with van der Waals surface area (Å²) in [6.45, 7) is 1.99. The van der Waals surface area contributed by atoms with E-state index in [1.54, 1.807) is 0 Å². The second-order valence-electron chi connectivity index (χ2n) is 3.10. The summed E-state index contributed by atoms with van der Waals surface area (Å²) in [7, 11) is 0. The highest BCUT2D eigenvalue weighted by Crippen LogP contribution is 2.20. The van der Waals surface area contributed by atoms with Gasteiger partial charge in [-0.2, -0.15) is 0 Å². The van der Waals surface area contributed by atoms with Crippen LogP contribution in [0.2, 0.25) is 0 Å². The van der Waals surface area contributed by atoms with E-state index >= 15 is 0 Å². The van der Waals surface area contributed by atoms with Crippen molar-refractivity contribution in [3.05, 3.63) is 0 Å². The average Bonchev–Trinajstić information content (AvgIpc) is 1.85. The van der Waals surface area contributed by atoms with E-state index in [9.17, 15) is 4.79 Å². The average molecular weight is 158 g/mol. The Morgan fingerprint density at radius 3 is 2.91 bits per heavy atom. The second-order valence-corrected chi connectivity index (χ2v) is 3.10. The molecule has 1 rings (SSSR count). The highest BCUT2D eigenvalue weighted by Gasteiger charge is 2.20. The maximum absolute atomic E-state index is 10.3. The summed E-state index contributed by atoms with van der Waals surface area (Å²) in [5.74, 6) is -0.760. The van der Waals surface area contributed by atoms with Gasteiger partial charge >= 0.3 is 5.97 Å². The van der Waals surface area contributed by atoms with Crippen LogP contribution in [0.5, 0.6) is 0 Å². The predicted octanol–water partition coefficient (Wildman–Crippen LogP) is 1.42. The van der Waals surface area contributed by atoms with E-state index in [0.29, 0.717) is 0 Å². The summed E-state index contributed by atoms with van der Waals surface area (Å²) < 4.78 is 5.42. The molecule has 0 aliphatic carbocycles. The third kappa shape index (κ3) is 2.89. The zero-order valence-electron chi connectivity index (χ0n) is 6.75. The largest absolute Gasteiger partial charge is 0.481 e. The molecule has 0 aromatic rings. The number of carboxylic acids is 1. The molecule has 64 valence electrons. The molecule has 0 saturated carbocycles. The van der Waals surface area contributed by atoms with Gasteiger partial charge in [0.2, 0.25) is 0 Å². The smallest absolute Gasteiger partial charge is 0.305 e. The van der Waals surface area contributed by atoms with E-state index in [2.05, 4.69) is 0 Å². The van der Waals surface area contributed by atoms with Crippen molar-refractivity contribution in [2.24, 2.45) is 0 Å². The molecule has 1 N–H and O–H groups in total. The van der Waals surface area contributed by atoms with Crippen molar-refractivity contribution in [3.8, 4) is 0 Å². The third-order valence-corrected chi connectivity index (χ3v) is 1.96. The van der Waals surface area contributed by atoms with Gasteiger partial charge in [-0.15, -0.1) is 0 Å². The van der Waals surface area contributed by atoms with Gasteiger partial charge in [-0.3, -0.25) is 4.79 Å². The molecule has 3 nitrogen and oxygen atoms in total. The third-order valence-electron chi connectivity index (χ3n) is 1.96. The monoisotopic (exact) mass is 158 g/mol. The molecule has 0 radical (unpaired) electrons. The number of rotatable bonds is 2. The summed E-state index contributed by atoms with van der Waals surface area (Å²) in [4.78, 5) is 10.3. The fraction of sp³-hybridized carbons (Fsp3) is 0.875. The molecule has 2 atom stereocenters. The lowest BCUT2D eigenvalue weighted by molar-refractivity contribution is -0.142. The summed E-state index contributed by atoms with van der Waals surface area (Å²) in [5, 5.41) is 8.47. The van der Waals surface area contributed by atoms with Crippen molar-refractivity contribution in [3.63, 3.8) is 0 Å². The maximum Gasteiger partial charge on any atom is 0.305 e. The van der Waals surface area contributed by atoms with Gasteiger partial charge in [0.1, 0.15) is 0 Å². The van der Waals surface area contributed by atoms with Crippen LogP contribution in [0.25, 0.3) is 0 Å². The van der Waals surface area contributed by atoms with Gasteiger partial charge in [0, 0.05) is 0 Å². The molecule has 0 aromatic heterocycles. The Kier molecular flexibility index (Phi) is 2.88. The molecule has 1 heterocycles. The normalized spacial score (nSPS) is 31.7. The van der Waals surface area contributed by atoms with Crippen molar-refractivity contribution < 1.29 is 14.6 Å². The van der Waals surface area contributed by atoms with Crippen LogP contribution in [0.4, 0.5) is 0 Å². The van der Waals surface area contributed by atoms with E-state index in [-0.39, 0.29) is 18.6 Å². The molecular weight excluding hydrogens is 144 g/mol. The minimum Gasteiger partial charge on any atom is -0.481 e. The lowest BCUT2D eigenvalue weighted by Crippen LogP contribution is -2.27. The Labute approximate surface area is 66.4 Å². The van der Waals surface area contributed by atoms with Gasteiger partial charge in [0.05, 0.1) is 18.6 Å². The van der Waals surface area contributed by atoms with Crippen LogP contribution in [-0.4, -0.2) is 23.3 Å². The first kappa shape index (κ1) is 8.53. The first-order valence-electron chi connectivity index (χ1n) is 4.05. The topological polar surface area (TPSA) is 46.5 Å². The van der Waals surface area contributed by atoms with E-state index in [1.807, 2.05) is 6.92 Å². The number of carbonyl (C=O) groups is 1. The Morgan fingerprint density at radius 2 is 2.36 bits per heavy atom. The number of hydrogen-bond donors (Lipinski definition) is 1. The van der Waals surface area contributed by atoms with Gasteiger partial charge in [0.25, 0.3) is 0 Å². The molecule has 3 heteroatoms. The standard InChI is InChI=1S/C8H14O3/c1-6-3-2-4-7(11-6)5-8(9)10/h6-7H,2-5H2,1H3,(H,9,10). The SMILES string of the molecule is CC1CCCC(CC(=O)O)O1. The van der Waals surface area contributed by atoms with Gasteiger partial charge < -0.3 is 9.84 Å². The van der Waals surface area contributed by atoms with Crippen LogP contribution < -0.4 is 0 Å². The predicted molar refractivity (Wildman–Crippen MR) is 40.4 cm³/mol. The molecule has 0 bridgehead atoms. The van der Waals surface area contributed by atoms with Crippen LogP contribution in [0.1, 0.15) is 32.6 Å². The summed E-state index contributed by atoms with van der Waals surface area (Å²) in [5.41, 5.74) is 0. The molecule has 0 aromatic carbocycles. The van der Waals surface area contributed by atoms with E-state index in [1.165, 1.54) is 0 Å². The number of carboxylic acid groups (broad SMARTS) is 1. The molecule has 1 aliphatic rings. The Hall–Kier alpha value is -0.570. The van der Waals surface area contributed by atoms with Crippen LogP contribution in [0.3, 0.4) is 0 Å². The van der Waals surface area contributed by atoms with Gasteiger partial charge in [-0.1, -0.05) is 0 Å². The zero-order valence-corrected chi connectivity index (χ0v) is 6.75. The van der Waals surface area contributed by atoms with Crippen LogP contribution in [0, 0.1) is 0 Å². The molecule has 11 heavy (non-hydrogen) atoms. The van der Waals surface area contributed by atoms with E-state index in [0.717, 1.165) is 19.3 Å². The minimum atomic E-state index is -0.760. The molecule has 0 spiro atoms. The molecule has 0 amide bonds. The highest BCUT2D eigenvalue weighted by atomic mass is 16.5. The van der Waals surface area contributed by atoms with Gasteiger partial charge in [-0.05, 0) is 26.2 Å². The number of aliphatic carboxylic acids is 1. The van der Waals surface area contributed by atoms with E-state index < -0.39 is 5.97 Å². The number of ether oxygens (including phenoxy) is 1. The second kappa shape index (κ2) is 3.72. The summed E-state index contributed by atoms with van der Waals surface area (Å²) in [6.07, 6.45) is 3.42. The minimum absolute atomic E-state index is 0.0451. The molecular formula is C8H14O3. The van der Waals surface area contributed by atoms with E-state index in [4.69, 9.17) is 9.84 Å². The molecule has 2 unspecified atom stereocenters. The van der Waals surface area contributed by atoms with Crippen molar-refractivity contribution in [1.82, 2.24) is 0 Å². The summed E-state index contributed by atoms with van der Waals surface area (Å²) in [6, 6.07) is 0. The van der Waals surface area contributed by atoms with Crippen LogP contribution in [-0.2, 0) is 9.53 Å². The Balaban J connectivity index is 2.28. The first-order valence-corrected chi connectivity index (χ1v) is 4.05. The van der Waals surface area contributed by atoms with Crippen LogP contribution in [0.15, 0.2) is 0 Å². The molecule has 1 fully saturated rings. The Morgan fingerprint density at radius 1 is 1.64 bits per heavy atom. The van der Waals surface area contributed by atoms with Crippen LogP contribution >= 0.6 is 0 Å². The summed E-state index contributed by atoms with van der Waals surface area (Å²) >= 11 is 0. The fourth-order valence-electron chi connectivity index (χ4n) is 1.44. The number of hydrogen-bond acceptors (Lipinski definition) is 2. The van der Waals surface area contributed by atoms with Gasteiger partial charge in [-0.25, -0.2) is 0 Å². The van der Waals surface area contributed by atoms with Gasteiger partial charge in [0.15, 0.2) is 0 Å². The zero-order chi connectivity index (χ0) is 8.27. The van der Waals surface area contributed by atoms with Crippen molar-refractivity contribution >= 4 is 5.97 Å². The first-order chi connectivity index (χ1) is 5.18. The molecule has 1 saturated heterocycles. The molecule has 1 aliphatic heterocycles.